The Morgan fingerprint density at radius 3 is 2.70 bits per heavy atom. The first-order valence-electron chi connectivity index (χ1n) is 9.47. The molecule has 3 atom stereocenters. The molecule has 7 nitrogen and oxygen atoms in total. The highest BCUT2D eigenvalue weighted by molar-refractivity contribution is 7.89. The Kier molecular flexibility index (Phi) is 7.35. The molecule has 2 aliphatic heterocycles. The lowest BCUT2D eigenvalue weighted by Gasteiger charge is -2.30. The summed E-state index contributed by atoms with van der Waals surface area (Å²) in [5.74, 6) is 0.547. The molecule has 0 saturated carbocycles. The maximum absolute atomic E-state index is 12.9. The van der Waals surface area contributed by atoms with Crippen molar-refractivity contribution in [1.29, 1.82) is 0 Å². The number of piperidine rings is 2. The number of hydrogen-bond donors (Lipinski definition) is 2. The lowest BCUT2D eigenvalue weighted by molar-refractivity contribution is 0.0907. The van der Waals surface area contributed by atoms with E-state index in [1.54, 1.807) is 22.1 Å². The highest BCUT2D eigenvalue weighted by atomic mass is 35.5. The number of aryl methyl sites for hydroxylation is 1. The molecule has 0 bridgehead atoms. The number of aromatic nitrogens is 1. The largest absolute Gasteiger partial charge is 0.346 e. The van der Waals surface area contributed by atoms with Crippen LogP contribution in [0.4, 0.5) is 0 Å². The molecule has 0 radical (unpaired) electrons. The predicted octanol–water partition coefficient (Wildman–Crippen LogP) is 1.60. The number of rotatable bonds is 4. The molecule has 2 N–H and O–H groups in total. The van der Waals surface area contributed by atoms with Crippen molar-refractivity contribution in [2.24, 2.45) is 18.9 Å². The Hall–Kier alpha value is -1.09. The standard InChI is InChI=1S/C18H30N4O3S.ClH/c1-13-5-4-8-22(11-13)26(24,25)15-9-17(21(3)12-15)18(23)20-16-10-19-7-6-14(16)2;/h9,12-14,16,19H,4-8,10-11H2,1-3H3,(H,20,23);1H. The first-order chi connectivity index (χ1) is 12.3. The summed E-state index contributed by atoms with van der Waals surface area (Å²) < 4.78 is 29.0. The van der Waals surface area contributed by atoms with Crippen LogP contribution in [0.5, 0.6) is 0 Å². The van der Waals surface area contributed by atoms with Crippen molar-refractivity contribution in [1.82, 2.24) is 19.5 Å². The van der Waals surface area contributed by atoms with Crippen molar-refractivity contribution >= 4 is 28.3 Å². The highest BCUT2D eigenvalue weighted by Gasteiger charge is 2.31. The van der Waals surface area contributed by atoms with E-state index in [9.17, 15) is 13.2 Å². The van der Waals surface area contributed by atoms with E-state index in [-0.39, 0.29) is 29.3 Å². The van der Waals surface area contributed by atoms with Crippen molar-refractivity contribution in [2.75, 3.05) is 26.2 Å². The van der Waals surface area contributed by atoms with Crippen LogP contribution in [0.3, 0.4) is 0 Å². The van der Waals surface area contributed by atoms with Gasteiger partial charge in [-0.15, -0.1) is 12.4 Å². The summed E-state index contributed by atoms with van der Waals surface area (Å²) in [6, 6.07) is 1.57. The molecule has 2 saturated heterocycles. The molecule has 1 aromatic heterocycles. The smallest absolute Gasteiger partial charge is 0.268 e. The Morgan fingerprint density at radius 1 is 1.30 bits per heavy atom. The summed E-state index contributed by atoms with van der Waals surface area (Å²) in [5, 5.41) is 6.34. The van der Waals surface area contributed by atoms with Crippen LogP contribution >= 0.6 is 12.4 Å². The van der Waals surface area contributed by atoms with Gasteiger partial charge in [0.1, 0.15) is 10.6 Å². The zero-order valence-electron chi connectivity index (χ0n) is 16.3. The summed E-state index contributed by atoms with van der Waals surface area (Å²) in [4.78, 5) is 12.9. The van der Waals surface area contributed by atoms with E-state index >= 15 is 0 Å². The van der Waals surface area contributed by atoms with Gasteiger partial charge >= 0.3 is 0 Å². The fourth-order valence-corrected chi connectivity index (χ4v) is 5.51. The van der Waals surface area contributed by atoms with Gasteiger partial charge in [-0.25, -0.2) is 8.42 Å². The van der Waals surface area contributed by atoms with Gasteiger partial charge in [-0.2, -0.15) is 4.31 Å². The molecule has 27 heavy (non-hydrogen) atoms. The number of carbonyl (C=O) groups excluding carboxylic acids is 1. The zero-order chi connectivity index (χ0) is 18.9. The van der Waals surface area contributed by atoms with E-state index in [1.165, 1.54) is 6.07 Å². The molecule has 0 spiro atoms. The SMILES string of the molecule is CC1CCCN(S(=O)(=O)c2cc(C(=O)NC3CNCCC3C)n(C)c2)C1.Cl. The van der Waals surface area contributed by atoms with E-state index in [2.05, 4.69) is 24.5 Å². The van der Waals surface area contributed by atoms with Crippen LogP contribution in [-0.4, -0.2) is 55.4 Å². The summed E-state index contributed by atoms with van der Waals surface area (Å²) in [6.45, 7) is 7.01. The van der Waals surface area contributed by atoms with Crippen molar-refractivity contribution in [3.05, 3.63) is 18.0 Å². The van der Waals surface area contributed by atoms with Gasteiger partial charge in [0.15, 0.2) is 0 Å². The van der Waals surface area contributed by atoms with Gasteiger partial charge in [-0.05, 0) is 43.7 Å². The summed E-state index contributed by atoms with van der Waals surface area (Å²) >= 11 is 0. The van der Waals surface area contributed by atoms with Crippen LogP contribution in [0.15, 0.2) is 17.2 Å². The second-order valence-corrected chi connectivity index (χ2v) is 9.77. The van der Waals surface area contributed by atoms with Crippen molar-refractivity contribution in [3.8, 4) is 0 Å². The molecule has 3 unspecified atom stereocenters. The molecule has 2 fully saturated rings. The van der Waals surface area contributed by atoms with Gasteiger partial charge < -0.3 is 15.2 Å². The Bertz CT molecular complexity index is 765. The topological polar surface area (TPSA) is 83.4 Å². The third kappa shape index (κ3) is 4.85. The molecule has 3 rings (SSSR count). The Labute approximate surface area is 168 Å². The molecule has 0 aliphatic carbocycles. The van der Waals surface area contributed by atoms with Crippen LogP contribution in [-0.2, 0) is 17.1 Å². The maximum atomic E-state index is 12.9. The lowest BCUT2D eigenvalue weighted by atomic mass is 9.95. The monoisotopic (exact) mass is 418 g/mol. The van der Waals surface area contributed by atoms with Gasteiger partial charge in [-0.1, -0.05) is 13.8 Å². The fourth-order valence-electron chi connectivity index (χ4n) is 3.84. The zero-order valence-corrected chi connectivity index (χ0v) is 17.9. The predicted molar refractivity (Wildman–Crippen MR) is 108 cm³/mol. The lowest BCUT2D eigenvalue weighted by Crippen LogP contribution is -2.50. The van der Waals surface area contributed by atoms with Crippen LogP contribution < -0.4 is 10.6 Å². The molecule has 154 valence electrons. The Balaban J connectivity index is 0.00000261. The minimum Gasteiger partial charge on any atom is -0.346 e. The van der Waals surface area contributed by atoms with Gasteiger partial charge in [0.05, 0.1) is 0 Å². The Morgan fingerprint density at radius 2 is 2.04 bits per heavy atom. The normalized spacial score (nSPS) is 27.0. The van der Waals surface area contributed by atoms with Crippen LogP contribution in [0.2, 0.25) is 0 Å². The third-order valence-corrected chi connectivity index (χ3v) is 7.44. The first kappa shape index (κ1) is 22.2. The third-order valence-electron chi connectivity index (χ3n) is 5.61. The maximum Gasteiger partial charge on any atom is 0.268 e. The quantitative estimate of drug-likeness (QED) is 0.777. The number of carbonyl (C=O) groups is 1. The van der Waals surface area contributed by atoms with Gasteiger partial charge in [0.25, 0.3) is 5.91 Å². The van der Waals surface area contributed by atoms with Crippen LogP contribution in [0.1, 0.15) is 43.6 Å². The molecular weight excluding hydrogens is 388 g/mol. The fraction of sp³-hybridized carbons (Fsp3) is 0.722. The molecule has 0 aromatic carbocycles. The average molecular weight is 419 g/mol. The van der Waals surface area contributed by atoms with Crippen molar-refractivity contribution in [2.45, 2.75) is 44.0 Å². The minimum absolute atomic E-state index is 0. The van der Waals surface area contributed by atoms with Gasteiger partial charge in [0.2, 0.25) is 10.0 Å². The van der Waals surface area contributed by atoms with Gasteiger partial charge in [-0.3, -0.25) is 4.79 Å². The summed E-state index contributed by atoms with van der Waals surface area (Å²) in [5.41, 5.74) is 0.381. The van der Waals surface area contributed by atoms with E-state index in [0.29, 0.717) is 30.6 Å². The molecule has 1 amide bonds. The second-order valence-electron chi connectivity index (χ2n) is 7.83. The molecule has 1 aromatic rings. The number of halogens is 1. The van der Waals surface area contributed by atoms with E-state index in [0.717, 1.165) is 32.4 Å². The van der Waals surface area contributed by atoms with Crippen LogP contribution in [0.25, 0.3) is 0 Å². The van der Waals surface area contributed by atoms with E-state index < -0.39 is 10.0 Å². The van der Waals surface area contributed by atoms with Crippen molar-refractivity contribution in [3.63, 3.8) is 0 Å². The number of nitrogens with one attached hydrogen (secondary N) is 2. The van der Waals surface area contributed by atoms with E-state index in [1.807, 2.05) is 0 Å². The second kappa shape index (κ2) is 8.94. The molecule has 2 aliphatic rings. The first-order valence-corrected chi connectivity index (χ1v) is 10.9. The van der Waals surface area contributed by atoms with E-state index in [4.69, 9.17) is 0 Å². The average Bonchev–Trinajstić information content (AvgIpc) is 2.99. The highest BCUT2D eigenvalue weighted by Crippen LogP contribution is 2.24. The van der Waals surface area contributed by atoms with Crippen LogP contribution in [0, 0.1) is 11.8 Å². The minimum atomic E-state index is -3.55. The number of sulfonamides is 1. The number of amides is 1. The molecule has 3 heterocycles. The number of hydrogen-bond acceptors (Lipinski definition) is 4. The number of nitrogens with zero attached hydrogens (tertiary/aromatic N) is 2. The summed E-state index contributed by atoms with van der Waals surface area (Å²) in [7, 11) is -1.84. The molecule has 9 heteroatoms. The van der Waals surface area contributed by atoms with Gasteiger partial charge in [0, 0.05) is 38.9 Å². The molecular formula is C18H31ClN4O3S. The van der Waals surface area contributed by atoms with Crippen molar-refractivity contribution < 1.29 is 13.2 Å². The summed E-state index contributed by atoms with van der Waals surface area (Å²) in [6.07, 6.45) is 4.51.